The Morgan fingerprint density at radius 2 is 1.42 bits per heavy atom. The monoisotopic (exact) mass is 262 g/mol. The highest BCUT2D eigenvalue weighted by Crippen LogP contribution is 2.15. The van der Waals surface area contributed by atoms with Crippen LogP contribution in [-0.2, 0) is 9.59 Å². The minimum atomic E-state index is -0.0505. The Hall–Kier alpha value is -1.84. The lowest BCUT2D eigenvalue weighted by molar-refractivity contribution is -0.119. The van der Waals surface area contributed by atoms with Gasteiger partial charge in [0, 0.05) is 23.7 Å². The average Bonchev–Trinajstić information content (AvgIpc) is 2.30. The molecule has 19 heavy (non-hydrogen) atoms. The zero-order chi connectivity index (χ0) is 14.4. The average molecular weight is 262 g/mol. The fourth-order valence-electron chi connectivity index (χ4n) is 1.51. The Morgan fingerprint density at radius 1 is 0.947 bits per heavy atom. The molecule has 1 rings (SSSR count). The summed E-state index contributed by atoms with van der Waals surface area (Å²) in [7, 11) is 0. The number of rotatable bonds is 5. The Balaban J connectivity index is 2.57. The first-order valence-corrected chi connectivity index (χ1v) is 6.59. The van der Waals surface area contributed by atoms with Gasteiger partial charge in [0.1, 0.15) is 0 Å². The van der Waals surface area contributed by atoms with E-state index in [2.05, 4.69) is 10.6 Å². The lowest BCUT2D eigenvalue weighted by atomic mass is 10.1. The van der Waals surface area contributed by atoms with Gasteiger partial charge >= 0.3 is 0 Å². The summed E-state index contributed by atoms with van der Waals surface area (Å²) < 4.78 is 0. The molecule has 0 unspecified atom stereocenters. The van der Waals surface area contributed by atoms with Gasteiger partial charge in [-0.3, -0.25) is 9.59 Å². The third kappa shape index (κ3) is 5.55. The third-order valence-electron chi connectivity index (χ3n) is 2.55. The number of carbonyl (C=O) groups is 2. The summed E-state index contributed by atoms with van der Waals surface area (Å²) in [5.41, 5.74) is 1.48. The van der Waals surface area contributed by atoms with Crippen molar-refractivity contribution >= 4 is 23.2 Å². The fourth-order valence-corrected chi connectivity index (χ4v) is 1.51. The van der Waals surface area contributed by atoms with Crippen LogP contribution >= 0.6 is 0 Å². The number of carbonyl (C=O) groups excluding carboxylic acids is 2. The van der Waals surface area contributed by atoms with Gasteiger partial charge in [-0.1, -0.05) is 27.7 Å². The number of hydrogen-bond acceptors (Lipinski definition) is 2. The fraction of sp³-hybridized carbons (Fsp3) is 0.467. The van der Waals surface area contributed by atoms with Gasteiger partial charge in [-0.2, -0.15) is 0 Å². The molecule has 0 saturated carbocycles. The predicted molar refractivity (Wildman–Crippen MR) is 78.0 cm³/mol. The highest BCUT2D eigenvalue weighted by atomic mass is 16.2. The summed E-state index contributed by atoms with van der Waals surface area (Å²) in [6.45, 7) is 7.69. The number of amides is 2. The smallest absolute Gasteiger partial charge is 0.226 e. The van der Waals surface area contributed by atoms with Crippen molar-refractivity contribution in [1.82, 2.24) is 0 Å². The van der Waals surface area contributed by atoms with E-state index in [9.17, 15) is 9.59 Å². The van der Waals surface area contributed by atoms with Crippen LogP contribution in [0.15, 0.2) is 24.3 Å². The molecule has 0 heterocycles. The summed E-state index contributed by atoms with van der Waals surface area (Å²) >= 11 is 0. The second kappa shape index (κ2) is 6.92. The van der Waals surface area contributed by atoms with Crippen molar-refractivity contribution in [3.8, 4) is 0 Å². The lowest BCUT2D eigenvalue weighted by Gasteiger charge is -2.10. The van der Waals surface area contributed by atoms with Crippen LogP contribution in [0.4, 0.5) is 11.4 Å². The van der Waals surface area contributed by atoms with Gasteiger partial charge in [0.25, 0.3) is 0 Å². The van der Waals surface area contributed by atoms with Gasteiger partial charge in [0.2, 0.25) is 11.8 Å². The standard InChI is InChI=1S/C15H22N2O2/c1-10(2)9-14(18)16-12-5-7-13(8-6-12)17-15(19)11(3)4/h5-8,10-11H,9H2,1-4H3,(H,16,18)(H,17,19). The van der Waals surface area contributed by atoms with Crippen LogP contribution in [0, 0.1) is 11.8 Å². The van der Waals surface area contributed by atoms with Crippen molar-refractivity contribution in [3.63, 3.8) is 0 Å². The molecule has 0 aliphatic carbocycles. The molecule has 1 aromatic carbocycles. The SMILES string of the molecule is CC(C)CC(=O)Nc1ccc(NC(=O)C(C)C)cc1. The summed E-state index contributed by atoms with van der Waals surface area (Å²) in [6, 6.07) is 7.14. The number of hydrogen-bond donors (Lipinski definition) is 2. The van der Waals surface area contributed by atoms with E-state index in [0.29, 0.717) is 12.3 Å². The Bertz CT molecular complexity index is 436. The number of benzene rings is 1. The van der Waals surface area contributed by atoms with Gasteiger partial charge in [-0.05, 0) is 30.2 Å². The van der Waals surface area contributed by atoms with E-state index < -0.39 is 0 Å². The largest absolute Gasteiger partial charge is 0.326 e. The van der Waals surface area contributed by atoms with Crippen molar-refractivity contribution in [2.24, 2.45) is 11.8 Å². The van der Waals surface area contributed by atoms with E-state index in [1.807, 2.05) is 27.7 Å². The van der Waals surface area contributed by atoms with Crippen LogP contribution < -0.4 is 10.6 Å². The predicted octanol–water partition coefficient (Wildman–Crippen LogP) is 3.27. The normalized spacial score (nSPS) is 10.6. The molecule has 0 atom stereocenters. The molecule has 104 valence electrons. The number of nitrogens with one attached hydrogen (secondary N) is 2. The maximum Gasteiger partial charge on any atom is 0.226 e. The van der Waals surface area contributed by atoms with Crippen molar-refractivity contribution in [3.05, 3.63) is 24.3 Å². The first-order valence-electron chi connectivity index (χ1n) is 6.59. The van der Waals surface area contributed by atoms with Crippen LogP contribution in [0.25, 0.3) is 0 Å². The molecular weight excluding hydrogens is 240 g/mol. The minimum Gasteiger partial charge on any atom is -0.326 e. The molecule has 1 aromatic rings. The molecule has 0 aromatic heterocycles. The van der Waals surface area contributed by atoms with Crippen LogP contribution in [0.5, 0.6) is 0 Å². The number of anilines is 2. The van der Waals surface area contributed by atoms with E-state index in [1.165, 1.54) is 0 Å². The maximum atomic E-state index is 11.6. The van der Waals surface area contributed by atoms with E-state index in [4.69, 9.17) is 0 Å². The minimum absolute atomic E-state index is 0.00830. The molecule has 0 spiro atoms. The van der Waals surface area contributed by atoms with Crippen LogP contribution in [0.1, 0.15) is 34.1 Å². The van der Waals surface area contributed by atoms with E-state index in [0.717, 1.165) is 11.4 Å². The van der Waals surface area contributed by atoms with Crippen LogP contribution in [0.3, 0.4) is 0 Å². The van der Waals surface area contributed by atoms with Crippen LogP contribution in [0.2, 0.25) is 0 Å². The van der Waals surface area contributed by atoms with Gasteiger partial charge in [-0.25, -0.2) is 0 Å². The van der Waals surface area contributed by atoms with Crippen molar-refractivity contribution in [2.45, 2.75) is 34.1 Å². The summed E-state index contributed by atoms with van der Waals surface area (Å²) in [4.78, 5) is 23.1. The van der Waals surface area contributed by atoms with E-state index >= 15 is 0 Å². The van der Waals surface area contributed by atoms with Crippen molar-refractivity contribution in [1.29, 1.82) is 0 Å². The van der Waals surface area contributed by atoms with Gasteiger partial charge < -0.3 is 10.6 Å². The molecule has 0 radical (unpaired) electrons. The first kappa shape index (κ1) is 15.2. The van der Waals surface area contributed by atoms with Crippen molar-refractivity contribution < 1.29 is 9.59 Å². The van der Waals surface area contributed by atoms with E-state index in [-0.39, 0.29) is 17.7 Å². The molecule has 2 amide bonds. The molecule has 0 aliphatic rings. The molecule has 4 heteroatoms. The summed E-state index contributed by atoms with van der Waals surface area (Å²) in [5.74, 6) is 0.278. The first-order chi connectivity index (χ1) is 8.88. The van der Waals surface area contributed by atoms with Gasteiger partial charge in [-0.15, -0.1) is 0 Å². The van der Waals surface area contributed by atoms with Gasteiger partial charge in [0.05, 0.1) is 0 Å². The second-order valence-electron chi connectivity index (χ2n) is 5.37. The zero-order valence-corrected chi connectivity index (χ0v) is 12.0. The highest BCUT2D eigenvalue weighted by molar-refractivity contribution is 5.93. The lowest BCUT2D eigenvalue weighted by Crippen LogP contribution is -2.17. The molecule has 0 bridgehead atoms. The van der Waals surface area contributed by atoms with Crippen LogP contribution in [-0.4, -0.2) is 11.8 Å². The topological polar surface area (TPSA) is 58.2 Å². The summed E-state index contributed by atoms with van der Waals surface area (Å²) in [6.07, 6.45) is 0.506. The molecule has 4 nitrogen and oxygen atoms in total. The Labute approximate surface area is 114 Å². The van der Waals surface area contributed by atoms with Crippen molar-refractivity contribution in [2.75, 3.05) is 10.6 Å². The second-order valence-corrected chi connectivity index (χ2v) is 5.37. The Kier molecular flexibility index (Phi) is 5.55. The highest BCUT2D eigenvalue weighted by Gasteiger charge is 2.08. The zero-order valence-electron chi connectivity index (χ0n) is 12.0. The van der Waals surface area contributed by atoms with Gasteiger partial charge in [0.15, 0.2) is 0 Å². The Morgan fingerprint density at radius 3 is 1.84 bits per heavy atom. The molecular formula is C15H22N2O2. The third-order valence-corrected chi connectivity index (χ3v) is 2.55. The van der Waals surface area contributed by atoms with E-state index in [1.54, 1.807) is 24.3 Å². The summed E-state index contributed by atoms with van der Waals surface area (Å²) in [5, 5.41) is 5.63. The molecule has 0 fully saturated rings. The molecule has 0 aliphatic heterocycles. The quantitative estimate of drug-likeness (QED) is 0.855. The molecule has 2 N–H and O–H groups in total. The molecule has 0 saturated heterocycles. The maximum absolute atomic E-state index is 11.6.